The normalized spacial score (nSPS) is 21.8. The van der Waals surface area contributed by atoms with Gasteiger partial charge in [0.1, 0.15) is 0 Å². The van der Waals surface area contributed by atoms with Crippen LogP contribution in [0.2, 0.25) is 0 Å². The minimum atomic E-state index is -0.00765. The number of nitrogens with zero attached hydrogens (tertiary/aromatic N) is 3. The molecular weight excluding hydrogens is 322 g/mol. The van der Waals surface area contributed by atoms with E-state index in [0.29, 0.717) is 23.6 Å². The predicted molar refractivity (Wildman–Crippen MR) is 89.7 cm³/mol. The van der Waals surface area contributed by atoms with E-state index in [1.54, 1.807) is 30.0 Å². The molecule has 3 heterocycles. The molecule has 0 bridgehead atoms. The van der Waals surface area contributed by atoms with Gasteiger partial charge in [0.25, 0.3) is 5.91 Å². The first-order chi connectivity index (χ1) is 12.2. The molecule has 2 atom stereocenters. The average molecular weight is 343 g/mol. The first-order valence-corrected chi connectivity index (χ1v) is 8.36. The van der Waals surface area contributed by atoms with Crippen molar-refractivity contribution in [1.29, 1.82) is 0 Å². The van der Waals surface area contributed by atoms with Crippen LogP contribution in [0.15, 0.2) is 30.6 Å². The van der Waals surface area contributed by atoms with Crippen LogP contribution in [0.3, 0.4) is 0 Å². The molecule has 0 N–H and O–H groups in total. The summed E-state index contributed by atoms with van der Waals surface area (Å²) in [5, 5.41) is 4.22. The number of methoxy groups -OCH3 is 1. The largest absolute Gasteiger partial charge is 0.454 e. The molecule has 7 nitrogen and oxygen atoms in total. The molecule has 1 amide bonds. The van der Waals surface area contributed by atoms with Gasteiger partial charge in [0, 0.05) is 32.5 Å². The fourth-order valence-electron chi connectivity index (χ4n) is 3.61. The fourth-order valence-corrected chi connectivity index (χ4v) is 3.61. The summed E-state index contributed by atoms with van der Waals surface area (Å²) in [6, 6.07) is 5.32. The Bertz CT molecular complexity index is 788. The highest BCUT2D eigenvalue weighted by Gasteiger charge is 2.38. The molecule has 0 saturated carbocycles. The number of fused-ring (bicyclic) bond motifs is 1. The summed E-state index contributed by atoms with van der Waals surface area (Å²) in [4.78, 5) is 15.0. The van der Waals surface area contributed by atoms with Crippen molar-refractivity contribution < 1.29 is 19.0 Å². The van der Waals surface area contributed by atoms with E-state index >= 15 is 0 Å². The maximum atomic E-state index is 13.1. The van der Waals surface area contributed by atoms with Crippen molar-refractivity contribution in [1.82, 2.24) is 14.7 Å². The minimum Gasteiger partial charge on any atom is -0.454 e. The number of rotatable bonds is 4. The number of carbonyl (C=O) groups excluding carboxylic acids is 1. The number of carbonyl (C=O) groups is 1. The smallest absolute Gasteiger partial charge is 0.254 e. The van der Waals surface area contributed by atoms with Crippen molar-refractivity contribution in [3.05, 3.63) is 41.7 Å². The molecule has 25 heavy (non-hydrogen) atoms. The fraction of sp³-hybridized carbons (Fsp3) is 0.444. The zero-order valence-corrected chi connectivity index (χ0v) is 14.3. The first kappa shape index (κ1) is 16.0. The molecule has 4 rings (SSSR count). The highest BCUT2D eigenvalue weighted by Crippen LogP contribution is 2.34. The summed E-state index contributed by atoms with van der Waals surface area (Å²) in [5.41, 5.74) is 1.71. The van der Waals surface area contributed by atoms with Gasteiger partial charge in [0.05, 0.1) is 18.3 Å². The van der Waals surface area contributed by atoms with Crippen LogP contribution in [-0.2, 0) is 18.2 Å². The Hall–Kier alpha value is -2.54. The number of amides is 1. The van der Waals surface area contributed by atoms with E-state index in [4.69, 9.17) is 14.2 Å². The molecule has 1 aromatic carbocycles. The first-order valence-electron chi connectivity index (χ1n) is 8.36. The number of hydrogen-bond acceptors (Lipinski definition) is 5. The maximum absolute atomic E-state index is 13.1. The topological polar surface area (TPSA) is 65.8 Å². The summed E-state index contributed by atoms with van der Waals surface area (Å²) in [6.07, 6.45) is 5.40. The van der Waals surface area contributed by atoms with Crippen LogP contribution >= 0.6 is 0 Å². The molecular formula is C18H21N3O4. The van der Waals surface area contributed by atoms with Crippen LogP contribution in [0.5, 0.6) is 11.5 Å². The average Bonchev–Trinajstić information content (AvgIpc) is 3.33. The van der Waals surface area contributed by atoms with E-state index in [-0.39, 0.29) is 24.8 Å². The van der Waals surface area contributed by atoms with Gasteiger partial charge in [0.2, 0.25) is 6.79 Å². The van der Waals surface area contributed by atoms with Gasteiger partial charge >= 0.3 is 0 Å². The van der Waals surface area contributed by atoms with Crippen LogP contribution in [0.25, 0.3) is 0 Å². The SMILES string of the molecule is CO[C@H]1CCN(C(=O)c2ccc3c(c2)OCO3)[C@@H]1Cc1cnn(C)c1. The molecule has 1 aromatic heterocycles. The van der Waals surface area contributed by atoms with Crippen molar-refractivity contribution in [3.63, 3.8) is 0 Å². The van der Waals surface area contributed by atoms with Crippen LogP contribution in [0, 0.1) is 0 Å². The Morgan fingerprint density at radius 1 is 1.36 bits per heavy atom. The van der Waals surface area contributed by atoms with Crippen molar-refractivity contribution >= 4 is 5.91 Å². The quantitative estimate of drug-likeness (QED) is 0.844. The Morgan fingerprint density at radius 2 is 2.20 bits per heavy atom. The van der Waals surface area contributed by atoms with E-state index in [1.165, 1.54) is 0 Å². The van der Waals surface area contributed by atoms with Gasteiger partial charge in [-0.3, -0.25) is 9.48 Å². The van der Waals surface area contributed by atoms with Gasteiger partial charge < -0.3 is 19.1 Å². The molecule has 1 fully saturated rings. The molecule has 1 saturated heterocycles. The van der Waals surface area contributed by atoms with Crippen LogP contribution in [0.1, 0.15) is 22.3 Å². The number of hydrogen-bond donors (Lipinski definition) is 0. The van der Waals surface area contributed by atoms with E-state index < -0.39 is 0 Å². The van der Waals surface area contributed by atoms with Crippen molar-refractivity contribution in [2.24, 2.45) is 7.05 Å². The van der Waals surface area contributed by atoms with Crippen LogP contribution in [0.4, 0.5) is 0 Å². The van der Waals surface area contributed by atoms with Crippen molar-refractivity contribution in [2.75, 3.05) is 20.4 Å². The van der Waals surface area contributed by atoms with E-state index in [9.17, 15) is 4.79 Å². The Morgan fingerprint density at radius 3 is 2.96 bits per heavy atom. The van der Waals surface area contributed by atoms with Crippen LogP contribution < -0.4 is 9.47 Å². The summed E-state index contributed by atoms with van der Waals surface area (Å²) >= 11 is 0. The van der Waals surface area contributed by atoms with Gasteiger partial charge in [-0.15, -0.1) is 0 Å². The number of aryl methyl sites for hydroxylation is 1. The van der Waals surface area contributed by atoms with Gasteiger partial charge in [-0.2, -0.15) is 5.10 Å². The molecule has 2 aliphatic heterocycles. The second kappa shape index (κ2) is 6.40. The molecule has 132 valence electrons. The zero-order chi connectivity index (χ0) is 17.4. The second-order valence-electron chi connectivity index (χ2n) is 6.42. The number of ether oxygens (including phenoxy) is 3. The number of aromatic nitrogens is 2. The number of likely N-dealkylation sites (tertiary alicyclic amines) is 1. The second-order valence-corrected chi connectivity index (χ2v) is 6.42. The number of benzene rings is 1. The third-order valence-corrected chi connectivity index (χ3v) is 4.87. The monoisotopic (exact) mass is 343 g/mol. The molecule has 0 radical (unpaired) electrons. The summed E-state index contributed by atoms with van der Waals surface area (Å²) in [5.74, 6) is 1.29. The van der Waals surface area contributed by atoms with E-state index in [1.807, 2.05) is 24.3 Å². The lowest BCUT2D eigenvalue weighted by atomic mass is 10.0. The third kappa shape index (κ3) is 2.95. The summed E-state index contributed by atoms with van der Waals surface area (Å²) < 4.78 is 18.1. The Balaban J connectivity index is 1.57. The third-order valence-electron chi connectivity index (χ3n) is 4.87. The van der Waals surface area contributed by atoms with Crippen LogP contribution in [-0.4, -0.2) is 53.2 Å². The predicted octanol–water partition coefficient (Wildman–Crippen LogP) is 1.62. The molecule has 0 spiro atoms. The highest BCUT2D eigenvalue weighted by atomic mass is 16.7. The lowest BCUT2D eigenvalue weighted by Crippen LogP contribution is -2.41. The molecule has 0 aliphatic carbocycles. The van der Waals surface area contributed by atoms with Gasteiger partial charge in [-0.25, -0.2) is 0 Å². The molecule has 0 unspecified atom stereocenters. The molecule has 2 aliphatic rings. The zero-order valence-electron chi connectivity index (χ0n) is 14.3. The van der Waals surface area contributed by atoms with E-state index in [0.717, 1.165) is 18.4 Å². The molecule has 2 aromatic rings. The summed E-state index contributed by atoms with van der Waals surface area (Å²) in [7, 11) is 3.59. The standard InChI is InChI=1S/C18H21N3O4/c1-20-10-12(9-19-20)7-14-15(23-2)5-6-21(14)18(22)13-3-4-16-17(8-13)25-11-24-16/h3-4,8-10,14-15H,5-7,11H2,1-2H3/t14-,15+/m1/s1. The van der Waals surface area contributed by atoms with Gasteiger partial charge in [0.15, 0.2) is 11.5 Å². The van der Waals surface area contributed by atoms with Crippen molar-refractivity contribution in [3.8, 4) is 11.5 Å². The minimum absolute atomic E-state index is 0.00729. The highest BCUT2D eigenvalue weighted by molar-refractivity contribution is 5.95. The Labute approximate surface area is 146 Å². The molecule has 7 heteroatoms. The van der Waals surface area contributed by atoms with Crippen molar-refractivity contribution in [2.45, 2.75) is 25.0 Å². The summed E-state index contributed by atoms with van der Waals surface area (Å²) in [6.45, 7) is 0.878. The Kier molecular flexibility index (Phi) is 4.09. The lowest BCUT2D eigenvalue weighted by Gasteiger charge is -2.27. The van der Waals surface area contributed by atoms with E-state index in [2.05, 4.69) is 5.10 Å². The lowest BCUT2D eigenvalue weighted by molar-refractivity contribution is 0.0508. The maximum Gasteiger partial charge on any atom is 0.254 e. The van der Waals surface area contributed by atoms with Gasteiger partial charge in [-0.1, -0.05) is 0 Å². The van der Waals surface area contributed by atoms with Gasteiger partial charge in [-0.05, 0) is 36.6 Å².